The first-order valence-electron chi connectivity index (χ1n) is 13.2. The van der Waals surface area contributed by atoms with E-state index in [1.54, 1.807) is 17.0 Å². The normalized spacial score (nSPS) is 14.6. The maximum atomic E-state index is 13.8. The summed E-state index contributed by atoms with van der Waals surface area (Å²) >= 11 is 7.78. The van der Waals surface area contributed by atoms with Crippen LogP contribution in [0.4, 0.5) is 4.39 Å². The minimum absolute atomic E-state index is 0.131. The summed E-state index contributed by atoms with van der Waals surface area (Å²) in [5.41, 5.74) is 2.73. The highest BCUT2D eigenvalue weighted by Gasteiger charge is 2.31. The number of thioether (sulfide) groups is 1. The molecule has 1 aliphatic carbocycles. The van der Waals surface area contributed by atoms with Crippen LogP contribution < -0.4 is 5.32 Å². The quantitative estimate of drug-likeness (QED) is 0.284. The molecule has 0 bridgehead atoms. The molecule has 1 fully saturated rings. The summed E-state index contributed by atoms with van der Waals surface area (Å²) in [4.78, 5) is 29.2. The van der Waals surface area contributed by atoms with Crippen LogP contribution in [0.1, 0.15) is 48.8 Å². The Balaban J connectivity index is 1.56. The zero-order valence-electron chi connectivity index (χ0n) is 21.5. The predicted molar refractivity (Wildman–Crippen MR) is 154 cm³/mol. The van der Waals surface area contributed by atoms with E-state index in [-0.39, 0.29) is 36.0 Å². The van der Waals surface area contributed by atoms with E-state index >= 15 is 0 Å². The van der Waals surface area contributed by atoms with Gasteiger partial charge in [-0.15, -0.1) is 11.8 Å². The molecule has 2 amide bonds. The standard InChI is InChI=1S/C31H34ClFN2O2S/c32-28-14-8-7-11-25(28)21-38-22-30(36)35(20-24-15-17-26(33)18-16-24)29(19-23-9-3-1-4-10-23)31(37)34-27-12-5-2-6-13-27/h1,3-4,7-11,14-18,27,29H,2,5-6,12-13,19-22H2,(H,34,37)/t29-/m1/s1. The number of benzene rings is 3. The van der Waals surface area contributed by atoms with Gasteiger partial charge in [0.2, 0.25) is 11.8 Å². The molecule has 4 rings (SSSR count). The van der Waals surface area contributed by atoms with Gasteiger partial charge in [0.1, 0.15) is 11.9 Å². The van der Waals surface area contributed by atoms with Crippen molar-refractivity contribution in [1.29, 1.82) is 0 Å². The zero-order chi connectivity index (χ0) is 26.7. The zero-order valence-corrected chi connectivity index (χ0v) is 23.0. The lowest BCUT2D eigenvalue weighted by atomic mass is 9.94. The number of rotatable bonds is 11. The fourth-order valence-electron chi connectivity index (χ4n) is 4.83. The van der Waals surface area contributed by atoms with Crippen molar-refractivity contribution in [2.75, 3.05) is 5.75 Å². The lowest BCUT2D eigenvalue weighted by Gasteiger charge is -2.33. The topological polar surface area (TPSA) is 49.4 Å². The molecule has 0 heterocycles. The Morgan fingerprint density at radius 2 is 1.61 bits per heavy atom. The summed E-state index contributed by atoms with van der Waals surface area (Å²) in [6.07, 6.45) is 5.72. The van der Waals surface area contributed by atoms with Gasteiger partial charge in [-0.25, -0.2) is 4.39 Å². The van der Waals surface area contributed by atoms with Crippen molar-refractivity contribution >= 4 is 35.2 Å². The number of carbonyl (C=O) groups excluding carboxylic acids is 2. The van der Waals surface area contributed by atoms with Gasteiger partial charge in [-0.1, -0.05) is 91.5 Å². The van der Waals surface area contributed by atoms with E-state index in [2.05, 4.69) is 5.32 Å². The second-order valence-corrected chi connectivity index (χ2v) is 11.2. The first-order chi connectivity index (χ1) is 18.5. The molecule has 0 aliphatic heterocycles. The summed E-state index contributed by atoms with van der Waals surface area (Å²) in [6, 6.07) is 22.9. The lowest BCUT2D eigenvalue weighted by Crippen LogP contribution is -2.53. The van der Waals surface area contributed by atoms with E-state index < -0.39 is 6.04 Å². The van der Waals surface area contributed by atoms with Crippen LogP contribution in [0.5, 0.6) is 0 Å². The van der Waals surface area contributed by atoms with Gasteiger partial charge in [0, 0.05) is 29.8 Å². The number of nitrogens with one attached hydrogen (secondary N) is 1. The molecule has 200 valence electrons. The number of amides is 2. The van der Waals surface area contributed by atoms with Crippen LogP contribution in [0, 0.1) is 5.82 Å². The molecule has 1 N–H and O–H groups in total. The number of nitrogens with zero attached hydrogens (tertiary/aromatic N) is 1. The van der Waals surface area contributed by atoms with Gasteiger partial charge in [-0.3, -0.25) is 9.59 Å². The number of halogens is 2. The Hall–Kier alpha value is -2.83. The van der Waals surface area contributed by atoms with Gasteiger partial charge in [0.25, 0.3) is 0 Å². The van der Waals surface area contributed by atoms with Crippen molar-refractivity contribution in [3.63, 3.8) is 0 Å². The van der Waals surface area contributed by atoms with Crippen LogP contribution >= 0.6 is 23.4 Å². The number of hydrogen-bond acceptors (Lipinski definition) is 3. The van der Waals surface area contributed by atoms with Crippen LogP contribution in [-0.2, 0) is 28.3 Å². The van der Waals surface area contributed by atoms with E-state index in [4.69, 9.17) is 11.6 Å². The van der Waals surface area contributed by atoms with Gasteiger partial charge in [0.15, 0.2) is 0 Å². The summed E-state index contributed by atoms with van der Waals surface area (Å²) in [7, 11) is 0. The summed E-state index contributed by atoms with van der Waals surface area (Å²) in [6.45, 7) is 0.224. The van der Waals surface area contributed by atoms with Gasteiger partial charge in [-0.2, -0.15) is 0 Å². The van der Waals surface area contributed by atoms with Crippen LogP contribution in [0.3, 0.4) is 0 Å². The number of hydrogen-bond donors (Lipinski definition) is 1. The molecular formula is C31H34ClFN2O2S. The minimum Gasteiger partial charge on any atom is -0.352 e. The molecule has 38 heavy (non-hydrogen) atoms. The third kappa shape index (κ3) is 8.34. The molecule has 7 heteroatoms. The van der Waals surface area contributed by atoms with E-state index in [1.807, 2.05) is 54.6 Å². The highest BCUT2D eigenvalue weighted by molar-refractivity contribution is 7.99. The van der Waals surface area contributed by atoms with Gasteiger partial charge >= 0.3 is 0 Å². The lowest BCUT2D eigenvalue weighted by molar-refractivity contribution is -0.139. The van der Waals surface area contributed by atoms with Crippen molar-refractivity contribution in [2.45, 2.75) is 62.9 Å². The van der Waals surface area contributed by atoms with E-state index in [9.17, 15) is 14.0 Å². The molecule has 3 aromatic carbocycles. The second-order valence-electron chi connectivity index (χ2n) is 9.78. The summed E-state index contributed by atoms with van der Waals surface area (Å²) in [5.74, 6) is 0.193. The molecule has 0 radical (unpaired) electrons. The van der Waals surface area contributed by atoms with Crippen LogP contribution in [0.15, 0.2) is 78.9 Å². The highest BCUT2D eigenvalue weighted by atomic mass is 35.5. The Labute approximate surface area is 234 Å². The highest BCUT2D eigenvalue weighted by Crippen LogP contribution is 2.23. The van der Waals surface area contributed by atoms with Crippen LogP contribution in [-0.4, -0.2) is 34.6 Å². The van der Waals surface area contributed by atoms with E-state index in [0.29, 0.717) is 17.2 Å². The van der Waals surface area contributed by atoms with E-state index in [1.165, 1.54) is 30.3 Å². The average Bonchev–Trinajstić information content (AvgIpc) is 2.94. The molecule has 0 saturated heterocycles. The smallest absolute Gasteiger partial charge is 0.243 e. The summed E-state index contributed by atoms with van der Waals surface area (Å²) in [5, 5.41) is 3.91. The first-order valence-corrected chi connectivity index (χ1v) is 14.7. The minimum atomic E-state index is -0.683. The van der Waals surface area contributed by atoms with Gasteiger partial charge < -0.3 is 10.2 Å². The third-order valence-corrected chi connectivity index (χ3v) is 8.26. The van der Waals surface area contributed by atoms with Crippen molar-refractivity contribution in [3.8, 4) is 0 Å². The SMILES string of the molecule is O=C(NC1CCCCC1)[C@@H](Cc1ccccc1)N(Cc1ccc(F)cc1)C(=O)CSCc1ccccc1Cl. The Morgan fingerprint density at radius 1 is 0.921 bits per heavy atom. The third-order valence-electron chi connectivity index (χ3n) is 6.93. The van der Waals surface area contributed by atoms with Crippen molar-refractivity contribution in [3.05, 3.63) is 106 Å². The largest absolute Gasteiger partial charge is 0.352 e. The Morgan fingerprint density at radius 3 is 2.32 bits per heavy atom. The molecule has 4 nitrogen and oxygen atoms in total. The fourth-order valence-corrected chi connectivity index (χ4v) is 6.03. The summed E-state index contributed by atoms with van der Waals surface area (Å²) < 4.78 is 13.6. The Bertz CT molecular complexity index is 1190. The molecule has 1 aliphatic rings. The first kappa shape index (κ1) is 28.2. The predicted octanol–water partition coefficient (Wildman–Crippen LogP) is 6.80. The average molecular weight is 553 g/mol. The van der Waals surface area contributed by atoms with Crippen molar-refractivity contribution < 1.29 is 14.0 Å². The number of carbonyl (C=O) groups is 2. The molecule has 0 aromatic heterocycles. The molecule has 1 saturated carbocycles. The van der Waals surface area contributed by atoms with Crippen LogP contribution in [0.25, 0.3) is 0 Å². The fraction of sp³-hybridized carbons (Fsp3) is 0.355. The monoisotopic (exact) mass is 552 g/mol. The molecule has 3 aromatic rings. The molecule has 0 spiro atoms. The van der Waals surface area contributed by atoms with Crippen LogP contribution in [0.2, 0.25) is 5.02 Å². The molecular weight excluding hydrogens is 519 g/mol. The molecule has 0 unspecified atom stereocenters. The maximum absolute atomic E-state index is 13.8. The Kier molecular flexibility index (Phi) is 10.6. The second kappa shape index (κ2) is 14.4. The van der Waals surface area contributed by atoms with Gasteiger partial charge in [-0.05, 0) is 47.7 Å². The maximum Gasteiger partial charge on any atom is 0.243 e. The van der Waals surface area contributed by atoms with Crippen molar-refractivity contribution in [2.24, 2.45) is 0 Å². The van der Waals surface area contributed by atoms with E-state index in [0.717, 1.165) is 42.4 Å². The van der Waals surface area contributed by atoms with Gasteiger partial charge in [0.05, 0.1) is 5.75 Å². The molecule has 1 atom stereocenters. The van der Waals surface area contributed by atoms with Crippen molar-refractivity contribution in [1.82, 2.24) is 10.2 Å².